The van der Waals surface area contributed by atoms with Gasteiger partial charge in [-0.25, -0.2) is 4.98 Å². The van der Waals surface area contributed by atoms with E-state index < -0.39 is 11.5 Å². The Labute approximate surface area is 154 Å². The summed E-state index contributed by atoms with van der Waals surface area (Å²) in [4.78, 5) is 26.5. The summed E-state index contributed by atoms with van der Waals surface area (Å²) < 4.78 is 0. The summed E-state index contributed by atoms with van der Waals surface area (Å²) in [6.07, 6.45) is 6.00. The lowest BCUT2D eigenvalue weighted by molar-refractivity contribution is -0.142. The van der Waals surface area contributed by atoms with Crippen molar-refractivity contribution in [2.24, 2.45) is 5.41 Å². The van der Waals surface area contributed by atoms with Crippen molar-refractivity contribution in [3.63, 3.8) is 0 Å². The molecule has 0 saturated carbocycles. The molecule has 1 spiro atoms. The zero-order valence-corrected chi connectivity index (χ0v) is 15.8. The lowest BCUT2D eigenvalue weighted by atomic mass is 9.71. The lowest BCUT2D eigenvalue weighted by Gasteiger charge is -2.47. The maximum atomic E-state index is 12.7. The van der Waals surface area contributed by atoms with E-state index in [4.69, 9.17) is 9.97 Å². The number of carbonyl (C=O) groups excluding carboxylic acids is 1. The van der Waals surface area contributed by atoms with Gasteiger partial charge in [-0.3, -0.25) is 4.79 Å². The van der Waals surface area contributed by atoms with Crippen LogP contribution in [0.1, 0.15) is 43.4 Å². The molecule has 2 saturated heterocycles. The Morgan fingerprint density at radius 3 is 2.81 bits per heavy atom. The molecule has 2 fully saturated rings. The van der Waals surface area contributed by atoms with Gasteiger partial charge in [0.05, 0.1) is 17.2 Å². The van der Waals surface area contributed by atoms with Crippen LogP contribution in [0.2, 0.25) is 0 Å². The normalized spacial score (nSPS) is 28.7. The molecule has 1 amide bonds. The Bertz CT molecular complexity index is 707. The number of carbonyl (C=O) groups is 1. The zero-order valence-electron chi connectivity index (χ0n) is 15.8. The third-order valence-corrected chi connectivity index (χ3v) is 6.17. The van der Waals surface area contributed by atoms with Crippen LogP contribution in [0.15, 0.2) is 0 Å². The van der Waals surface area contributed by atoms with Gasteiger partial charge < -0.3 is 20.2 Å². The van der Waals surface area contributed by atoms with Crippen molar-refractivity contribution in [3.05, 3.63) is 11.3 Å². The summed E-state index contributed by atoms with van der Waals surface area (Å²) in [5.74, 6) is 1.70. The number of hydrogen-bond acceptors (Lipinski definition) is 6. The number of nitrogens with one attached hydrogen (secondary N) is 1. The minimum absolute atomic E-state index is 0.00305. The van der Waals surface area contributed by atoms with Gasteiger partial charge in [0.1, 0.15) is 5.82 Å². The Morgan fingerprint density at radius 2 is 2.04 bits per heavy atom. The van der Waals surface area contributed by atoms with Gasteiger partial charge in [0.25, 0.3) is 0 Å². The van der Waals surface area contributed by atoms with Crippen LogP contribution in [-0.2, 0) is 17.6 Å². The average molecular weight is 359 g/mol. The van der Waals surface area contributed by atoms with Crippen LogP contribution in [-0.4, -0.2) is 60.8 Å². The molecule has 0 radical (unpaired) electrons. The van der Waals surface area contributed by atoms with Crippen LogP contribution in [0.5, 0.6) is 0 Å². The molecule has 3 aliphatic rings. The Balaban J connectivity index is 1.73. The first-order chi connectivity index (χ1) is 12.5. The zero-order chi connectivity index (χ0) is 18.3. The van der Waals surface area contributed by atoms with Gasteiger partial charge in [0, 0.05) is 39.3 Å². The van der Waals surface area contributed by atoms with Gasteiger partial charge in [0.2, 0.25) is 11.9 Å². The quantitative estimate of drug-likeness (QED) is 0.816. The van der Waals surface area contributed by atoms with Gasteiger partial charge in [0.15, 0.2) is 0 Å². The van der Waals surface area contributed by atoms with Gasteiger partial charge in [-0.2, -0.15) is 4.98 Å². The molecule has 2 atom stereocenters. The topological polar surface area (TPSA) is 81.6 Å². The lowest BCUT2D eigenvalue weighted by Crippen LogP contribution is -2.61. The third kappa shape index (κ3) is 2.82. The molecule has 2 aliphatic heterocycles. The monoisotopic (exact) mass is 359 g/mol. The number of amides is 1. The van der Waals surface area contributed by atoms with Gasteiger partial charge in [-0.15, -0.1) is 0 Å². The fourth-order valence-electron chi connectivity index (χ4n) is 4.65. The highest BCUT2D eigenvalue weighted by Gasteiger charge is 2.50. The fraction of sp³-hybridized carbons (Fsp3) is 0.737. The highest BCUT2D eigenvalue weighted by Crippen LogP contribution is 2.40. The number of aliphatic hydroxyl groups excluding tert-OH is 1. The Kier molecular flexibility index (Phi) is 4.50. The van der Waals surface area contributed by atoms with Crippen molar-refractivity contribution in [1.29, 1.82) is 0 Å². The predicted molar refractivity (Wildman–Crippen MR) is 101 cm³/mol. The van der Waals surface area contributed by atoms with Crippen LogP contribution in [0.25, 0.3) is 0 Å². The second-order valence-electron chi connectivity index (χ2n) is 8.12. The Morgan fingerprint density at radius 1 is 1.23 bits per heavy atom. The van der Waals surface area contributed by atoms with E-state index in [1.807, 2.05) is 19.0 Å². The number of piperidine rings is 2. The fourth-order valence-corrected chi connectivity index (χ4v) is 4.65. The van der Waals surface area contributed by atoms with Crippen molar-refractivity contribution in [1.82, 2.24) is 15.3 Å². The molecule has 1 aromatic heterocycles. The standard InChI is InChI=1S/C19H29N5O2/c1-23(2)18-21-14-7-4-3-6-13(14)16(22-18)24-11-8-15(25)19(12-24)9-5-10-20-17(19)26/h15,25H,3-12H2,1-2H3,(H,20,26)/t15-,19+/m0/s1. The first kappa shape index (κ1) is 17.5. The minimum Gasteiger partial charge on any atom is -0.392 e. The van der Waals surface area contributed by atoms with E-state index in [-0.39, 0.29) is 5.91 Å². The van der Waals surface area contributed by atoms with E-state index >= 15 is 0 Å². The van der Waals surface area contributed by atoms with Crippen LogP contribution in [0, 0.1) is 5.41 Å². The van der Waals surface area contributed by atoms with Gasteiger partial charge in [-0.05, 0) is 44.9 Å². The van der Waals surface area contributed by atoms with Crippen molar-refractivity contribution >= 4 is 17.7 Å². The van der Waals surface area contributed by atoms with E-state index in [0.717, 1.165) is 56.1 Å². The Hall–Kier alpha value is -1.89. The summed E-state index contributed by atoms with van der Waals surface area (Å²) in [5.41, 5.74) is 1.68. The van der Waals surface area contributed by atoms with Crippen molar-refractivity contribution in [3.8, 4) is 0 Å². The number of hydrogen-bond donors (Lipinski definition) is 2. The van der Waals surface area contributed by atoms with E-state index in [1.165, 1.54) is 12.0 Å². The largest absolute Gasteiger partial charge is 0.392 e. The molecule has 0 unspecified atom stereocenters. The summed E-state index contributed by atoms with van der Waals surface area (Å²) >= 11 is 0. The smallest absolute Gasteiger partial charge is 0.230 e. The van der Waals surface area contributed by atoms with Crippen molar-refractivity contribution < 1.29 is 9.90 Å². The molecule has 0 bridgehead atoms. The number of anilines is 2. The maximum absolute atomic E-state index is 12.7. The molecular formula is C19H29N5O2. The molecule has 1 aliphatic carbocycles. The molecule has 4 rings (SSSR count). The molecular weight excluding hydrogens is 330 g/mol. The number of aromatic nitrogens is 2. The van der Waals surface area contributed by atoms with E-state index in [2.05, 4.69) is 10.2 Å². The van der Waals surface area contributed by atoms with Gasteiger partial charge >= 0.3 is 0 Å². The summed E-state index contributed by atoms with van der Waals surface area (Å²) in [5, 5.41) is 13.6. The first-order valence-electron chi connectivity index (χ1n) is 9.80. The van der Waals surface area contributed by atoms with Crippen molar-refractivity contribution in [2.75, 3.05) is 43.5 Å². The third-order valence-electron chi connectivity index (χ3n) is 6.17. The number of fused-ring (bicyclic) bond motifs is 1. The molecule has 7 nitrogen and oxygen atoms in total. The molecule has 3 heterocycles. The number of nitrogens with zero attached hydrogens (tertiary/aromatic N) is 4. The number of aryl methyl sites for hydroxylation is 1. The first-order valence-corrected chi connectivity index (χ1v) is 9.80. The molecule has 0 aromatic carbocycles. The summed E-state index contributed by atoms with van der Waals surface area (Å²) in [7, 11) is 3.93. The maximum Gasteiger partial charge on any atom is 0.230 e. The number of rotatable bonds is 2. The molecule has 142 valence electrons. The summed E-state index contributed by atoms with van der Waals surface area (Å²) in [6.45, 7) is 1.98. The van der Waals surface area contributed by atoms with E-state index in [1.54, 1.807) is 0 Å². The molecule has 2 N–H and O–H groups in total. The second kappa shape index (κ2) is 6.68. The van der Waals surface area contributed by atoms with Gasteiger partial charge in [-0.1, -0.05) is 0 Å². The SMILES string of the molecule is CN(C)c1nc2c(c(N3CC[C@H](O)[C@@]4(CCCNC4=O)C3)n1)CCCC2. The molecule has 26 heavy (non-hydrogen) atoms. The van der Waals surface area contributed by atoms with Crippen LogP contribution in [0.3, 0.4) is 0 Å². The van der Waals surface area contributed by atoms with Crippen LogP contribution in [0.4, 0.5) is 11.8 Å². The van der Waals surface area contributed by atoms with E-state index in [0.29, 0.717) is 19.5 Å². The average Bonchev–Trinajstić information content (AvgIpc) is 2.65. The number of aliphatic hydroxyl groups is 1. The van der Waals surface area contributed by atoms with Crippen LogP contribution >= 0.6 is 0 Å². The minimum atomic E-state index is -0.707. The molecule has 1 aromatic rings. The molecule has 7 heteroatoms. The van der Waals surface area contributed by atoms with E-state index in [9.17, 15) is 9.90 Å². The highest BCUT2D eigenvalue weighted by atomic mass is 16.3. The second-order valence-corrected chi connectivity index (χ2v) is 8.12. The highest BCUT2D eigenvalue weighted by molar-refractivity contribution is 5.85. The van der Waals surface area contributed by atoms with Crippen LogP contribution < -0.4 is 15.1 Å². The van der Waals surface area contributed by atoms with Crippen molar-refractivity contribution in [2.45, 2.75) is 51.0 Å². The predicted octanol–water partition coefficient (Wildman–Crippen LogP) is 0.889. The summed E-state index contributed by atoms with van der Waals surface area (Å²) in [6, 6.07) is 0.